The zero-order valence-corrected chi connectivity index (χ0v) is 16.9. The van der Waals surface area contributed by atoms with Crippen LogP contribution >= 0.6 is 11.8 Å². The van der Waals surface area contributed by atoms with Gasteiger partial charge in [-0.2, -0.15) is 0 Å². The van der Waals surface area contributed by atoms with Gasteiger partial charge in [-0.15, -0.1) is 11.8 Å². The molecule has 0 radical (unpaired) electrons. The van der Waals surface area contributed by atoms with Gasteiger partial charge in [0.15, 0.2) is 0 Å². The lowest BCUT2D eigenvalue weighted by molar-refractivity contribution is -0.124. The van der Waals surface area contributed by atoms with Crippen LogP contribution in [0.5, 0.6) is 0 Å². The third-order valence-electron chi connectivity index (χ3n) is 5.48. The van der Waals surface area contributed by atoms with E-state index in [0.717, 1.165) is 16.5 Å². The maximum atomic E-state index is 12.7. The highest BCUT2D eigenvalue weighted by Crippen LogP contribution is 2.47. The number of nitrogens with one attached hydrogen (secondary N) is 3. The fourth-order valence-corrected chi connectivity index (χ4v) is 5.48. The summed E-state index contributed by atoms with van der Waals surface area (Å²) in [5.41, 5.74) is 3.37. The molecule has 1 aromatic heterocycles. The summed E-state index contributed by atoms with van der Waals surface area (Å²) in [6.07, 6.45) is 2.01. The molecule has 2 atom stereocenters. The zero-order chi connectivity index (χ0) is 20.7. The second-order valence-electron chi connectivity index (χ2n) is 7.37. The first-order chi connectivity index (χ1) is 14.6. The number of anilines is 1. The van der Waals surface area contributed by atoms with Gasteiger partial charge in [-0.3, -0.25) is 14.4 Å². The maximum absolute atomic E-state index is 12.7. The summed E-state index contributed by atoms with van der Waals surface area (Å²) in [6, 6.07) is 14.6. The monoisotopic (exact) mass is 420 g/mol. The molecule has 0 spiro atoms. The van der Waals surface area contributed by atoms with Gasteiger partial charge in [-0.25, -0.2) is 0 Å². The second kappa shape index (κ2) is 7.53. The number of carbonyl (C=O) groups excluding carboxylic acids is 3. The summed E-state index contributed by atoms with van der Waals surface area (Å²) in [7, 11) is 0. The molecule has 3 aromatic rings. The van der Waals surface area contributed by atoms with Gasteiger partial charge in [-0.1, -0.05) is 18.2 Å². The Balaban J connectivity index is 1.15. The quantitative estimate of drug-likeness (QED) is 0.592. The van der Waals surface area contributed by atoms with Gasteiger partial charge < -0.3 is 20.5 Å². The lowest BCUT2D eigenvalue weighted by atomic mass is 10.1. The minimum atomic E-state index is -0.515. The lowest BCUT2D eigenvalue weighted by Gasteiger charge is -2.22. The van der Waals surface area contributed by atoms with E-state index in [2.05, 4.69) is 15.6 Å². The summed E-state index contributed by atoms with van der Waals surface area (Å²) in [6.45, 7) is 0.220. The highest BCUT2D eigenvalue weighted by atomic mass is 32.2. The van der Waals surface area contributed by atoms with Gasteiger partial charge in [0.2, 0.25) is 11.8 Å². The Hall–Kier alpha value is -3.26. The highest BCUT2D eigenvalue weighted by Gasteiger charge is 2.48. The van der Waals surface area contributed by atoms with E-state index in [9.17, 15) is 14.4 Å². The Morgan fingerprint density at radius 1 is 1.17 bits per heavy atom. The molecule has 3 heterocycles. The van der Waals surface area contributed by atoms with Crippen molar-refractivity contribution in [1.29, 1.82) is 0 Å². The number of aromatic nitrogens is 1. The van der Waals surface area contributed by atoms with Crippen molar-refractivity contribution in [1.82, 2.24) is 15.2 Å². The Morgan fingerprint density at radius 2 is 2.03 bits per heavy atom. The van der Waals surface area contributed by atoms with Gasteiger partial charge >= 0.3 is 0 Å². The van der Waals surface area contributed by atoms with Crippen molar-refractivity contribution in [2.45, 2.75) is 17.8 Å². The third-order valence-corrected chi connectivity index (χ3v) is 6.79. The van der Waals surface area contributed by atoms with E-state index in [0.29, 0.717) is 17.0 Å². The van der Waals surface area contributed by atoms with Gasteiger partial charge in [0.05, 0.1) is 0 Å². The van der Waals surface area contributed by atoms with Crippen LogP contribution in [-0.2, 0) is 9.59 Å². The number of amides is 3. The van der Waals surface area contributed by atoms with Crippen molar-refractivity contribution in [3.8, 4) is 0 Å². The van der Waals surface area contributed by atoms with Gasteiger partial charge in [-0.05, 0) is 35.9 Å². The molecule has 2 aromatic carbocycles. The fourth-order valence-electron chi connectivity index (χ4n) is 4.01. The first-order valence-electron chi connectivity index (χ1n) is 9.80. The van der Waals surface area contributed by atoms with Crippen LogP contribution in [0.4, 0.5) is 5.69 Å². The van der Waals surface area contributed by atoms with Gasteiger partial charge in [0, 0.05) is 47.1 Å². The van der Waals surface area contributed by atoms with E-state index < -0.39 is 6.04 Å². The van der Waals surface area contributed by atoms with Crippen LogP contribution in [0.1, 0.15) is 27.7 Å². The summed E-state index contributed by atoms with van der Waals surface area (Å²) >= 11 is 1.60. The largest absolute Gasteiger partial charge is 0.361 e. The van der Waals surface area contributed by atoms with Crippen LogP contribution in [0.25, 0.3) is 10.9 Å². The van der Waals surface area contributed by atoms with E-state index in [1.165, 1.54) is 0 Å². The smallest absolute Gasteiger partial charge is 0.256 e. The molecular weight excluding hydrogens is 400 g/mol. The summed E-state index contributed by atoms with van der Waals surface area (Å²) in [5, 5.41) is 6.58. The van der Waals surface area contributed by atoms with Crippen LogP contribution in [0.3, 0.4) is 0 Å². The van der Waals surface area contributed by atoms with Crippen molar-refractivity contribution in [3.63, 3.8) is 0 Å². The molecule has 0 bridgehead atoms. The van der Waals surface area contributed by atoms with Crippen LogP contribution in [-0.4, -0.2) is 45.9 Å². The van der Waals surface area contributed by atoms with Crippen molar-refractivity contribution in [2.75, 3.05) is 17.6 Å². The fraction of sp³-hybridized carbons (Fsp3) is 0.227. The van der Waals surface area contributed by atoms with E-state index in [-0.39, 0.29) is 36.1 Å². The van der Waals surface area contributed by atoms with Gasteiger partial charge in [0.1, 0.15) is 11.4 Å². The van der Waals surface area contributed by atoms with E-state index >= 15 is 0 Å². The number of rotatable bonds is 5. The molecular formula is C22H20N4O3S. The molecule has 8 heteroatoms. The molecule has 152 valence electrons. The molecule has 2 aliphatic heterocycles. The Morgan fingerprint density at radius 3 is 2.93 bits per heavy atom. The van der Waals surface area contributed by atoms with Gasteiger partial charge in [0.25, 0.3) is 5.91 Å². The maximum Gasteiger partial charge on any atom is 0.256 e. The number of thioether (sulfide) groups is 1. The minimum Gasteiger partial charge on any atom is -0.361 e. The average Bonchev–Trinajstić information content (AvgIpc) is 3.45. The first kappa shape index (κ1) is 18.7. The van der Waals surface area contributed by atoms with E-state index in [1.54, 1.807) is 22.7 Å². The third kappa shape index (κ3) is 3.23. The number of carbonyl (C=O) groups is 3. The van der Waals surface area contributed by atoms with Crippen LogP contribution in [0.15, 0.2) is 54.7 Å². The SMILES string of the molecule is O=C(CCNC(=O)[C@@H]1CS[C@H]2c3ccccc3C(=O)N12)Nc1ccc2[nH]ccc2c1. The van der Waals surface area contributed by atoms with Crippen molar-refractivity contribution in [2.24, 2.45) is 0 Å². The Bertz CT molecular complexity index is 1160. The molecule has 0 saturated carbocycles. The minimum absolute atomic E-state index is 0.0985. The number of aromatic amines is 1. The molecule has 0 aliphatic carbocycles. The molecule has 3 N–H and O–H groups in total. The summed E-state index contributed by atoms with van der Waals surface area (Å²) < 4.78 is 0. The lowest BCUT2D eigenvalue weighted by Crippen LogP contribution is -2.46. The van der Waals surface area contributed by atoms with Crippen LogP contribution in [0, 0.1) is 0 Å². The molecule has 1 saturated heterocycles. The summed E-state index contributed by atoms with van der Waals surface area (Å²) in [4.78, 5) is 42.4. The van der Waals surface area contributed by atoms with E-state index in [1.807, 2.05) is 48.7 Å². The predicted octanol–water partition coefficient (Wildman–Crippen LogP) is 2.88. The number of H-pyrrole nitrogens is 1. The zero-order valence-electron chi connectivity index (χ0n) is 16.1. The normalized spacial score (nSPS) is 19.6. The average molecular weight is 420 g/mol. The number of fused-ring (bicyclic) bond motifs is 4. The molecule has 1 fully saturated rings. The Labute approximate surface area is 177 Å². The molecule has 7 nitrogen and oxygen atoms in total. The molecule has 3 amide bonds. The molecule has 0 unspecified atom stereocenters. The Kier molecular flexibility index (Phi) is 4.71. The van der Waals surface area contributed by atoms with Crippen LogP contribution < -0.4 is 10.6 Å². The second-order valence-corrected chi connectivity index (χ2v) is 8.48. The topological polar surface area (TPSA) is 94.3 Å². The van der Waals surface area contributed by atoms with E-state index in [4.69, 9.17) is 0 Å². The van der Waals surface area contributed by atoms with Crippen LogP contribution in [0.2, 0.25) is 0 Å². The van der Waals surface area contributed by atoms with Crippen molar-refractivity contribution in [3.05, 3.63) is 65.9 Å². The van der Waals surface area contributed by atoms with Crippen molar-refractivity contribution < 1.29 is 14.4 Å². The standard InChI is InChI=1S/C22H20N4O3S/c27-19(25-14-5-6-17-13(11-14)7-9-23-17)8-10-24-20(28)18-12-30-22-16-4-2-1-3-15(16)21(29)26(18)22/h1-7,9,11,18,22-23H,8,10,12H2,(H,24,28)(H,25,27)/t18-,22-/m0/s1. The van der Waals surface area contributed by atoms with Crippen molar-refractivity contribution >= 4 is 46.1 Å². The molecule has 2 aliphatic rings. The first-order valence-corrected chi connectivity index (χ1v) is 10.8. The number of benzene rings is 2. The highest BCUT2D eigenvalue weighted by molar-refractivity contribution is 7.99. The number of hydrogen-bond donors (Lipinski definition) is 3. The molecule has 30 heavy (non-hydrogen) atoms. The summed E-state index contributed by atoms with van der Waals surface area (Å²) in [5.74, 6) is 0.0688. The number of hydrogen-bond acceptors (Lipinski definition) is 4. The number of nitrogens with zero attached hydrogens (tertiary/aromatic N) is 1. The predicted molar refractivity (Wildman–Crippen MR) is 116 cm³/mol. The molecule has 5 rings (SSSR count).